The molecule has 8 N–H and O–H groups in total. The van der Waals surface area contributed by atoms with E-state index >= 15 is 0 Å². The third-order valence-electron chi connectivity index (χ3n) is 3.51. The van der Waals surface area contributed by atoms with Crippen LogP contribution in [0, 0.1) is 0 Å². The molecule has 1 aliphatic rings. The van der Waals surface area contributed by atoms with Gasteiger partial charge in [-0.25, -0.2) is 13.7 Å². The molecule has 6 atom stereocenters. The van der Waals surface area contributed by atoms with E-state index in [0.717, 1.165) is 4.57 Å². The lowest BCUT2D eigenvalue weighted by Crippen LogP contribution is -2.36. The molecule has 6 unspecified atom stereocenters. The lowest BCUT2D eigenvalue weighted by molar-refractivity contribution is -0.0540. The quantitative estimate of drug-likeness (QED) is 0.239. The summed E-state index contributed by atoms with van der Waals surface area (Å²) in [5.74, 6) is -0.0616. The van der Waals surface area contributed by atoms with Crippen molar-refractivity contribution in [3.63, 3.8) is 0 Å². The average Bonchev–Trinajstić information content (AvgIpc) is 2.80. The molecule has 0 spiro atoms. The maximum absolute atomic E-state index is 11.8. The van der Waals surface area contributed by atoms with E-state index in [0.29, 0.717) is 0 Å². The van der Waals surface area contributed by atoms with Gasteiger partial charge < -0.3 is 36.2 Å². The maximum Gasteiger partial charge on any atom is 0.479 e. The van der Waals surface area contributed by atoms with Crippen molar-refractivity contribution in [1.82, 2.24) is 9.55 Å². The van der Waals surface area contributed by atoms with Crippen molar-refractivity contribution in [3.05, 3.63) is 22.7 Å². The van der Waals surface area contributed by atoms with Crippen molar-refractivity contribution in [3.8, 4) is 0 Å². The lowest BCUT2D eigenvalue weighted by Gasteiger charge is -2.19. The van der Waals surface area contributed by atoms with Crippen LogP contribution in [0.25, 0.3) is 0 Å². The smallest absolute Gasteiger partial charge is 0.387 e. The third-order valence-corrected chi connectivity index (χ3v) is 6.65. The summed E-state index contributed by atoms with van der Waals surface area (Å²) in [6.45, 7) is -1.06. The molecular formula is C11H20N4O10P2. The van der Waals surface area contributed by atoms with Gasteiger partial charge in [-0.05, 0) is 6.07 Å². The molecule has 0 saturated carbocycles. The van der Waals surface area contributed by atoms with Gasteiger partial charge in [0.15, 0.2) is 6.23 Å². The highest BCUT2D eigenvalue weighted by Crippen LogP contribution is 2.59. The summed E-state index contributed by atoms with van der Waals surface area (Å²) in [4.78, 5) is 34.1. The Morgan fingerprint density at radius 3 is 2.56 bits per heavy atom. The van der Waals surface area contributed by atoms with Gasteiger partial charge in [0.05, 0.1) is 12.8 Å². The number of anilines is 1. The molecule has 1 saturated heterocycles. The van der Waals surface area contributed by atoms with Gasteiger partial charge in [0.25, 0.3) is 0 Å². The molecule has 1 fully saturated rings. The number of ether oxygens (including phenoxy) is 1. The number of nitrogens with zero attached hydrogens (tertiary/aromatic N) is 2. The van der Waals surface area contributed by atoms with Crippen molar-refractivity contribution in [2.75, 3.05) is 25.0 Å². The topological polar surface area (TPSA) is 230 Å². The van der Waals surface area contributed by atoms with Gasteiger partial charge >= 0.3 is 21.1 Å². The van der Waals surface area contributed by atoms with Crippen molar-refractivity contribution in [1.29, 1.82) is 0 Å². The van der Waals surface area contributed by atoms with Crippen molar-refractivity contribution < 1.29 is 42.7 Å². The van der Waals surface area contributed by atoms with Crippen LogP contribution in [-0.4, -0.2) is 67.2 Å². The number of nitrogens with two attached hydrogens (primary N) is 2. The molecule has 0 amide bonds. The van der Waals surface area contributed by atoms with Crippen molar-refractivity contribution in [2.24, 2.45) is 5.73 Å². The van der Waals surface area contributed by atoms with Crippen molar-refractivity contribution >= 4 is 21.2 Å². The lowest BCUT2D eigenvalue weighted by atomic mass is 10.1. The number of phosphoric acid groups is 1. The maximum atomic E-state index is 11.8. The Morgan fingerprint density at radius 1 is 1.30 bits per heavy atom. The van der Waals surface area contributed by atoms with Crippen LogP contribution in [0.3, 0.4) is 0 Å². The minimum atomic E-state index is -4.99. The van der Waals surface area contributed by atoms with Crippen LogP contribution in [0.4, 0.5) is 5.82 Å². The molecule has 154 valence electrons. The van der Waals surface area contributed by atoms with Crippen LogP contribution >= 0.6 is 15.4 Å². The fourth-order valence-electron chi connectivity index (χ4n) is 2.27. The standard InChI is InChI=1S/C11H20N4O10P2/c12-2-4-26(19,20)25-27(21,22)23-5-6-8(16)9(17)10(24-6)15-3-1-7(13)14-11(15)18/h1,3,6,8-10,16-17H,2,4-5,12H2,(H,19,20)(H,21,22)(H2,13,14,18). The fraction of sp³-hybridized carbons (Fsp3) is 0.636. The van der Waals surface area contributed by atoms with Gasteiger partial charge in [-0.3, -0.25) is 13.7 Å². The number of aromatic nitrogens is 2. The molecule has 16 heteroatoms. The zero-order valence-corrected chi connectivity index (χ0v) is 15.6. The van der Waals surface area contributed by atoms with E-state index in [-0.39, 0.29) is 12.4 Å². The van der Waals surface area contributed by atoms with E-state index in [1.165, 1.54) is 12.3 Å². The second-order valence-corrected chi connectivity index (χ2v) is 9.15. The van der Waals surface area contributed by atoms with Crippen LogP contribution < -0.4 is 17.2 Å². The molecule has 2 heterocycles. The Hall–Kier alpha value is -1.18. The van der Waals surface area contributed by atoms with Gasteiger partial charge in [-0.2, -0.15) is 4.98 Å². The molecule has 0 aromatic carbocycles. The minimum absolute atomic E-state index is 0.0616. The first-order valence-corrected chi connectivity index (χ1v) is 10.8. The minimum Gasteiger partial charge on any atom is -0.387 e. The number of nitrogen functional groups attached to an aromatic ring is 1. The van der Waals surface area contributed by atoms with Crippen LogP contribution in [0.5, 0.6) is 0 Å². The van der Waals surface area contributed by atoms with Gasteiger partial charge in [-0.15, -0.1) is 0 Å². The first kappa shape index (κ1) is 22.1. The summed E-state index contributed by atoms with van der Waals surface area (Å²) < 4.78 is 38.1. The summed E-state index contributed by atoms with van der Waals surface area (Å²) in [5.41, 5.74) is 9.59. The second kappa shape index (κ2) is 8.45. The van der Waals surface area contributed by atoms with E-state index in [4.69, 9.17) is 16.2 Å². The molecule has 1 aliphatic heterocycles. The summed E-state index contributed by atoms with van der Waals surface area (Å²) in [6.07, 6.45) is -5.31. The van der Waals surface area contributed by atoms with Gasteiger partial charge in [0, 0.05) is 12.7 Å². The zero-order chi connectivity index (χ0) is 20.4. The monoisotopic (exact) mass is 430 g/mol. The number of phosphoric ester groups is 1. The first-order valence-electron chi connectivity index (χ1n) is 7.52. The Labute approximate surface area is 152 Å². The highest BCUT2D eigenvalue weighted by atomic mass is 31.3. The number of aliphatic hydroxyl groups excluding tert-OH is 2. The highest BCUT2D eigenvalue weighted by molar-refractivity contribution is 7.64. The Morgan fingerprint density at radius 2 is 1.96 bits per heavy atom. The zero-order valence-electron chi connectivity index (χ0n) is 13.8. The summed E-state index contributed by atoms with van der Waals surface area (Å²) in [5, 5.41) is 20.1. The van der Waals surface area contributed by atoms with Crippen LogP contribution in [0.1, 0.15) is 6.23 Å². The van der Waals surface area contributed by atoms with Gasteiger partial charge in [0.1, 0.15) is 24.1 Å². The normalized spacial score (nSPS) is 30.0. The fourth-order valence-corrected chi connectivity index (χ4v) is 4.74. The summed E-state index contributed by atoms with van der Waals surface area (Å²) in [7, 11) is -9.44. The molecule has 1 aromatic heterocycles. The molecule has 0 aliphatic carbocycles. The number of hydrogen-bond acceptors (Lipinski definition) is 11. The molecule has 1 aromatic rings. The highest BCUT2D eigenvalue weighted by Gasteiger charge is 2.45. The molecule has 14 nitrogen and oxygen atoms in total. The van der Waals surface area contributed by atoms with Gasteiger partial charge in [0.2, 0.25) is 0 Å². The predicted molar refractivity (Wildman–Crippen MR) is 89.4 cm³/mol. The second-order valence-electron chi connectivity index (χ2n) is 5.58. The summed E-state index contributed by atoms with van der Waals surface area (Å²) >= 11 is 0. The average molecular weight is 430 g/mol. The first-order chi connectivity index (χ1) is 12.5. The van der Waals surface area contributed by atoms with E-state index in [9.17, 15) is 33.9 Å². The summed E-state index contributed by atoms with van der Waals surface area (Å²) in [6, 6.07) is 1.26. The third kappa shape index (κ3) is 5.65. The number of rotatable bonds is 8. The molecule has 0 bridgehead atoms. The van der Waals surface area contributed by atoms with E-state index in [1.54, 1.807) is 0 Å². The molecular weight excluding hydrogens is 410 g/mol. The predicted octanol–water partition coefficient (Wildman–Crippen LogP) is -2.28. The molecule has 2 rings (SSSR count). The van der Waals surface area contributed by atoms with Gasteiger partial charge in [-0.1, -0.05) is 0 Å². The Kier molecular flexibility index (Phi) is 6.92. The molecule has 27 heavy (non-hydrogen) atoms. The van der Waals surface area contributed by atoms with Crippen molar-refractivity contribution in [2.45, 2.75) is 24.5 Å². The molecule has 0 radical (unpaired) electrons. The van der Waals surface area contributed by atoms with E-state index < -0.39 is 58.4 Å². The largest absolute Gasteiger partial charge is 0.479 e. The Bertz CT molecular complexity index is 819. The van der Waals surface area contributed by atoms with Crippen LogP contribution in [-0.2, 0) is 22.7 Å². The SMILES string of the molecule is NCCP(=O)(O)OP(=O)(O)OCC1OC(n2ccc(N)nc2=O)C(O)C1O. The van der Waals surface area contributed by atoms with Crippen LogP contribution in [0.15, 0.2) is 17.1 Å². The number of hydrogen-bond donors (Lipinski definition) is 6. The Balaban J connectivity index is 2.04. The van der Waals surface area contributed by atoms with E-state index in [2.05, 4.69) is 13.8 Å². The van der Waals surface area contributed by atoms with Crippen LogP contribution in [0.2, 0.25) is 0 Å². The number of aliphatic hydroxyl groups is 2. The van der Waals surface area contributed by atoms with E-state index in [1.807, 2.05) is 0 Å².